The second-order valence-corrected chi connectivity index (χ2v) is 6.18. The van der Waals surface area contributed by atoms with Crippen LogP contribution in [0.25, 0.3) is 0 Å². The summed E-state index contributed by atoms with van der Waals surface area (Å²) in [4.78, 5) is 23.7. The van der Waals surface area contributed by atoms with Gasteiger partial charge in [0.1, 0.15) is 5.82 Å². The number of carbonyl (C=O) groups is 2. The van der Waals surface area contributed by atoms with Gasteiger partial charge >= 0.3 is 0 Å². The second-order valence-electron chi connectivity index (χ2n) is 5.36. The summed E-state index contributed by atoms with van der Waals surface area (Å²) < 4.78 is 13.0. The standard InChI is InChI=1S/C18H17Cl2FN2O2/c19-15-6-5-13(11-16(15)20)18(25)23-9-8-22-17(24)7-4-12-2-1-3-14(21)10-12/h1-3,5-6,10-11H,4,7-9H2,(H,22,24)(H,23,25). The first-order valence-electron chi connectivity index (χ1n) is 7.70. The van der Waals surface area contributed by atoms with E-state index in [2.05, 4.69) is 10.6 Å². The van der Waals surface area contributed by atoms with Crippen LogP contribution >= 0.6 is 23.2 Å². The molecule has 0 aromatic heterocycles. The van der Waals surface area contributed by atoms with E-state index in [9.17, 15) is 14.0 Å². The van der Waals surface area contributed by atoms with Gasteiger partial charge in [0.05, 0.1) is 10.0 Å². The molecule has 0 unspecified atom stereocenters. The van der Waals surface area contributed by atoms with Gasteiger partial charge in [-0.3, -0.25) is 9.59 Å². The Labute approximate surface area is 155 Å². The van der Waals surface area contributed by atoms with Gasteiger partial charge in [-0.2, -0.15) is 0 Å². The van der Waals surface area contributed by atoms with Gasteiger partial charge in [0, 0.05) is 25.1 Å². The number of aryl methyl sites for hydroxylation is 1. The third-order valence-corrected chi connectivity index (χ3v) is 4.18. The van der Waals surface area contributed by atoms with E-state index in [-0.39, 0.29) is 30.6 Å². The van der Waals surface area contributed by atoms with Gasteiger partial charge in [0.25, 0.3) is 5.91 Å². The Morgan fingerprint density at radius 3 is 2.44 bits per heavy atom. The molecule has 7 heteroatoms. The molecule has 2 aromatic rings. The summed E-state index contributed by atoms with van der Waals surface area (Å²) in [5, 5.41) is 6.06. The van der Waals surface area contributed by atoms with Crippen LogP contribution in [-0.4, -0.2) is 24.9 Å². The second kappa shape index (κ2) is 9.39. The molecule has 0 saturated heterocycles. The SMILES string of the molecule is O=C(CCc1cccc(F)c1)NCCNC(=O)c1ccc(Cl)c(Cl)c1. The molecule has 0 fully saturated rings. The summed E-state index contributed by atoms with van der Waals surface area (Å²) >= 11 is 11.7. The highest BCUT2D eigenvalue weighted by molar-refractivity contribution is 6.42. The fraction of sp³-hybridized carbons (Fsp3) is 0.222. The molecule has 0 spiro atoms. The van der Waals surface area contributed by atoms with Crippen molar-refractivity contribution in [1.82, 2.24) is 10.6 Å². The minimum Gasteiger partial charge on any atom is -0.354 e. The Morgan fingerprint density at radius 2 is 1.72 bits per heavy atom. The van der Waals surface area contributed by atoms with Crippen molar-refractivity contribution in [3.05, 3.63) is 69.5 Å². The lowest BCUT2D eigenvalue weighted by molar-refractivity contribution is -0.121. The Hall–Kier alpha value is -2.11. The number of rotatable bonds is 7. The molecule has 2 N–H and O–H groups in total. The average molecular weight is 383 g/mol. The van der Waals surface area contributed by atoms with Gasteiger partial charge in [-0.25, -0.2) is 4.39 Å². The lowest BCUT2D eigenvalue weighted by atomic mass is 10.1. The van der Waals surface area contributed by atoms with Crippen molar-refractivity contribution in [3.63, 3.8) is 0 Å². The van der Waals surface area contributed by atoms with Crippen LogP contribution in [-0.2, 0) is 11.2 Å². The van der Waals surface area contributed by atoms with Gasteiger partial charge in [0.15, 0.2) is 0 Å². The van der Waals surface area contributed by atoms with Crippen LogP contribution in [0.1, 0.15) is 22.3 Å². The summed E-state index contributed by atoms with van der Waals surface area (Å²) in [7, 11) is 0. The molecule has 2 amide bonds. The molecule has 0 atom stereocenters. The average Bonchev–Trinajstić information content (AvgIpc) is 2.59. The van der Waals surface area contributed by atoms with Crippen molar-refractivity contribution in [1.29, 1.82) is 0 Å². The molecule has 0 aliphatic heterocycles. The van der Waals surface area contributed by atoms with Crippen molar-refractivity contribution in [2.45, 2.75) is 12.8 Å². The maximum atomic E-state index is 13.0. The zero-order chi connectivity index (χ0) is 18.2. The van der Waals surface area contributed by atoms with Gasteiger partial charge < -0.3 is 10.6 Å². The van der Waals surface area contributed by atoms with E-state index in [1.165, 1.54) is 18.2 Å². The molecule has 4 nitrogen and oxygen atoms in total. The Balaban J connectivity index is 1.67. The van der Waals surface area contributed by atoms with Gasteiger partial charge in [-0.15, -0.1) is 0 Å². The lowest BCUT2D eigenvalue weighted by Gasteiger charge is -2.08. The summed E-state index contributed by atoms with van der Waals surface area (Å²) in [6.07, 6.45) is 0.712. The maximum absolute atomic E-state index is 13.0. The molecular weight excluding hydrogens is 366 g/mol. The van der Waals surface area contributed by atoms with Crippen molar-refractivity contribution in [2.24, 2.45) is 0 Å². The van der Waals surface area contributed by atoms with E-state index in [1.54, 1.807) is 24.3 Å². The minimum absolute atomic E-state index is 0.159. The van der Waals surface area contributed by atoms with Crippen LogP contribution in [0.4, 0.5) is 4.39 Å². The van der Waals surface area contributed by atoms with Crippen molar-refractivity contribution >= 4 is 35.0 Å². The smallest absolute Gasteiger partial charge is 0.251 e. The highest BCUT2D eigenvalue weighted by atomic mass is 35.5. The third-order valence-electron chi connectivity index (χ3n) is 3.44. The lowest BCUT2D eigenvalue weighted by Crippen LogP contribution is -2.34. The van der Waals surface area contributed by atoms with E-state index >= 15 is 0 Å². The van der Waals surface area contributed by atoms with Gasteiger partial charge in [-0.1, -0.05) is 35.3 Å². The van der Waals surface area contributed by atoms with Gasteiger partial charge in [0.2, 0.25) is 5.91 Å². The van der Waals surface area contributed by atoms with E-state index < -0.39 is 0 Å². The number of hydrogen-bond acceptors (Lipinski definition) is 2. The topological polar surface area (TPSA) is 58.2 Å². The number of benzene rings is 2. The van der Waals surface area contributed by atoms with Gasteiger partial charge in [-0.05, 0) is 42.3 Å². The molecule has 0 aliphatic carbocycles. The fourth-order valence-electron chi connectivity index (χ4n) is 2.16. The highest BCUT2D eigenvalue weighted by Gasteiger charge is 2.08. The molecule has 2 aromatic carbocycles. The van der Waals surface area contributed by atoms with Crippen LogP contribution in [0.5, 0.6) is 0 Å². The van der Waals surface area contributed by atoms with Crippen molar-refractivity contribution < 1.29 is 14.0 Å². The van der Waals surface area contributed by atoms with E-state index in [1.807, 2.05) is 0 Å². The number of halogens is 3. The molecule has 0 bridgehead atoms. The van der Waals surface area contributed by atoms with Crippen LogP contribution in [0, 0.1) is 5.82 Å². The first kappa shape index (κ1) is 19.2. The Kier molecular flexibility index (Phi) is 7.22. The molecule has 132 valence electrons. The molecule has 25 heavy (non-hydrogen) atoms. The van der Waals surface area contributed by atoms with Crippen molar-refractivity contribution in [3.8, 4) is 0 Å². The molecule has 0 radical (unpaired) electrons. The molecule has 0 aliphatic rings. The van der Waals surface area contributed by atoms with E-state index in [4.69, 9.17) is 23.2 Å². The van der Waals surface area contributed by atoms with Crippen LogP contribution in [0.2, 0.25) is 10.0 Å². The third kappa shape index (κ3) is 6.36. The molecule has 0 heterocycles. The number of nitrogens with one attached hydrogen (secondary N) is 2. The largest absolute Gasteiger partial charge is 0.354 e. The molecule has 0 saturated carbocycles. The first-order valence-corrected chi connectivity index (χ1v) is 8.45. The summed E-state index contributed by atoms with van der Waals surface area (Å²) in [6.45, 7) is 0.583. The number of hydrogen-bond donors (Lipinski definition) is 2. The number of carbonyl (C=O) groups excluding carboxylic acids is 2. The quantitative estimate of drug-likeness (QED) is 0.718. The van der Waals surface area contributed by atoms with Crippen molar-refractivity contribution in [2.75, 3.05) is 13.1 Å². The van der Waals surface area contributed by atoms with E-state index in [0.717, 1.165) is 5.56 Å². The van der Waals surface area contributed by atoms with E-state index in [0.29, 0.717) is 28.6 Å². The zero-order valence-corrected chi connectivity index (χ0v) is 14.8. The monoisotopic (exact) mass is 382 g/mol. The maximum Gasteiger partial charge on any atom is 0.251 e. The Bertz CT molecular complexity index is 768. The predicted octanol–water partition coefficient (Wildman–Crippen LogP) is 3.61. The highest BCUT2D eigenvalue weighted by Crippen LogP contribution is 2.22. The predicted molar refractivity (Wildman–Crippen MR) is 96.5 cm³/mol. The zero-order valence-electron chi connectivity index (χ0n) is 13.3. The number of amides is 2. The van der Waals surface area contributed by atoms with Crippen LogP contribution in [0.15, 0.2) is 42.5 Å². The normalized spacial score (nSPS) is 10.4. The Morgan fingerprint density at radius 1 is 0.960 bits per heavy atom. The van der Waals surface area contributed by atoms with Crippen LogP contribution < -0.4 is 10.6 Å². The summed E-state index contributed by atoms with van der Waals surface area (Å²) in [6, 6.07) is 10.8. The van der Waals surface area contributed by atoms with Crippen LogP contribution in [0.3, 0.4) is 0 Å². The fourth-order valence-corrected chi connectivity index (χ4v) is 2.45. The molecular formula is C18H17Cl2FN2O2. The summed E-state index contributed by atoms with van der Waals surface area (Å²) in [5.41, 5.74) is 1.16. The molecule has 2 rings (SSSR count). The first-order chi connectivity index (χ1) is 12.0. The minimum atomic E-state index is -0.317. The summed E-state index contributed by atoms with van der Waals surface area (Å²) in [5.74, 6) is -0.774.